The normalized spacial score (nSPS) is 8.80. The number of rotatable bonds is 2. The second kappa shape index (κ2) is 7.80. The summed E-state index contributed by atoms with van der Waals surface area (Å²) >= 11 is 0. The predicted molar refractivity (Wildman–Crippen MR) is 62.5 cm³/mol. The van der Waals surface area contributed by atoms with Crippen molar-refractivity contribution in [2.24, 2.45) is 0 Å². The van der Waals surface area contributed by atoms with Crippen LogP contribution in [0.4, 0.5) is 0 Å². The minimum absolute atomic E-state index is 0.0470. The van der Waals surface area contributed by atoms with Crippen LogP contribution in [0.1, 0.15) is 20.8 Å². The zero-order chi connectivity index (χ0) is 11.7. The highest BCUT2D eigenvalue weighted by molar-refractivity contribution is 5.87. The summed E-state index contributed by atoms with van der Waals surface area (Å²) in [6.07, 6.45) is -0.0470. The third-order valence-electron chi connectivity index (χ3n) is 1.36. The maximum atomic E-state index is 10.6. The Bertz CT molecular complexity index is 262. The molecular formula is C13H18O2. The Labute approximate surface area is 91.6 Å². The van der Waals surface area contributed by atoms with Gasteiger partial charge in [-0.1, -0.05) is 43.0 Å². The molecule has 0 radical (unpaired) electrons. The average molecular weight is 206 g/mol. The third-order valence-corrected chi connectivity index (χ3v) is 1.36. The van der Waals surface area contributed by atoms with E-state index in [1.54, 1.807) is 20.8 Å². The molecule has 0 aromatic heterocycles. The van der Waals surface area contributed by atoms with Crippen molar-refractivity contribution in [2.75, 3.05) is 0 Å². The van der Waals surface area contributed by atoms with Gasteiger partial charge in [-0.2, -0.15) is 0 Å². The number of hydrogen-bond donors (Lipinski definition) is 0. The van der Waals surface area contributed by atoms with Gasteiger partial charge in [0, 0.05) is 5.57 Å². The molecule has 0 bridgehead atoms. The molecule has 1 aromatic carbocycles. The van der Waals surface area contributed by atoms with Crippen LogP contribution in [0.3, 0.4) is 0 Å². The van der Waals surface area contributed by atoms with Crippen LogP contribution in [0.2, 0.25) is 0 Å². The number of ether oxygens (including phenoxy) is 1. The Hall–Kier alpha value is -1.57. The van der Waals surface area contributed by atoms with Gasteiger partial charge in [-0.25, -0.2) is 4.79 Å². The van der Waals surface area contributed by atoms with Gasteiger partial charge in [0.25, 0.3) is 0 Å². The highest BCUT2D eigenvalue weighted by atomic mass is 16.5. The molecule has 1 aromatic rings. The molecule has 0 aliphatic carbocycles. The Balaban J connectivity index is 0.000000280. The first-order valence-corrected chi connectivity index (χ1v) is 4.90. The van der Waals surface area contributed by atoms with Crippen molar-refractivity contribution in [1.82, 2.24) is 0 Å². The fourth-order valence-electron chi connectivity index (χ4n) is 0.700. The van der Waals surface area contributed by atoms with Crippen LogP contribution in [0.25, 0.3) is 0 Å². The molecule has 0 unspecified atom stereocenters. The molecule has 0 aliphatic rings. The van der Waals surface area contributed by atoms with Crippen LogP contribution < -0.4 is 0 Å². The standard InChI is InChI=1S/C7H12O2.C6H6/c1-5(2)7(8)9-6(3)4;1-2-4-6-5-3-1/h6H,1H2,2-4H3;1-6H. The van der Waals surface area contributed by atoms with Crippen molar-refractivity contribution in [3.05, 3.63) is 48.6 Å². The van der Waals surface area contributed by atoms with E-state index in [0.29, 0.717) is 5.57 Å². The zero-order valence-electron chi connectivity index (χ0n) is 9.57. The van der Waals surface area contributed by atoms with Gasteiger partial charge >= 0.3 is 5.97 Å². The SMILES string of the molecule is C=C(C)C(=O)OC(C)C.c1ccccc1. The minimum atomic E-state index is -0.315. The minimum Gasteiger partial charge on any atom is -0.460 e. The fourth-order valence-corrected chi connectivity index (χ4v) is 0.700. The number of benzene rings is 1. The molecule has 1 rings (SSSR count). The Morgan fingerprint density at radius 3 is 1.53 bits per heavy atom. The van der Waals surface area contributed by atoms with E-state index in [0.717, 1.165) is 0 Å². The zero-order valence-corrected chi connectivity index (χ0v) is 9.57. The van der Waals surface area contributed by atoms with Crippen molar-refractivity contribution < 1.29 is 9.53 Å². The van der Waals surface area contributed by atoms with Crippen LogP contribution in [-0.2, 0) is 9.53 Å². The summed E-state index contributed by atoms with van der Waals surface area (Å²) < 4.78 is 4.77. The van der Waals surface area contributed by atoms with Gasteiger partial charge in [0.1, 0.15) is 0 Å². The second-order valence-corrected chi connectivity index (χ2v) is 3.39. The molecule has 0 saturated heterocycles. The molecule has 0 fully saturated rings. The average Bonchev–Trinajstić information content (AvgIpc) is 2.20. The molecule has 0 atom stereocenters. The topological polar surface area (TPSA) is 26.3 Å². The van der Waals surface area contributed by atoms with Crippen LogP contribution in [0.15, 0.2) is 48.6 Å². The molecular weight excluding hydrogens is 188 g/mol. The largest absolute Gasteiger partial charge is 0.460 e. The molecule has 0 heterocycles. The Kier molecular flexibility index (Phi) is 6.98. The second-order valence-electron chi connectivity index (χ2n) is 3.39. The molecule has 0 saturated carbocycles. The molecule has 82 valence electrons. The Morgan fingerprint density at radius 2 is 1.40 bits per heavy atom. The number of carbonyl (C=O) groups excluding carboxylic acids is 1. The lowest BCUT2D eigenvalue weighted by molar-refractivity contribution is -0.142. The quantitative estimate of drug-likeness (QED) is 0.548. The summed E-state index contributed by atoms with van der Waals surface area (Å²) in [7, 11) is 0. The summed E-state index contributed by atoms with van der Waals surface area (Å²) in [5.74, 6) is -0.315. The number of esters is 1. The van der Waals surface area contributed by atoms with Gasteiger partial charge in [-0.05, 0) is 20.8 Å². The summed E-state index contributed by atoms with van der Waals surface area (Å²) in [4.78, 5) is 10.6. The van der Waals surface area contributed by atoms with E-state index < -0.39 is 0 Å². The smallest absolute Gasteiger partial charge is 0.333 e. The third kappa shape index (κ3) is 8.75. The van der Waals surface area contributed by atoms with E-state index in [4.69, 9.17) is 4.74 Å². The van der Waals surface area contributed by atoms with E-state index in [9.17, 15) is 4.79 Å². The van der Waals surface area contributed by atoms with Crippen molar-refractivity contribution in [2.45, 2.75) is 26.9 Å². The lowest BCUT2D eigenvalue weighted by Gasteiger charge is -2.05. The maximum absolute atomic E-state index is 10.6. The summed E-state index contributed by atoms with van der Waals surface area (Å²) in [6, 6.07) is 12.0. The lowest BCUT2D eigenvalue weighted by Crippen LogP contribution is -2.11. The first kappa shape index (κ1) is 13.4. The van der Waals surface area contributed by atoms with Gasteiger partial charge in [-0.3, -0.25) is 0 Å². The van der Waals surface area contributed by atoms with Crippen molar-refractivity contribution in [3.8, 4) is 0 Å². The van der Waals surface area contributed by atoms with Crippen LogP contribution in [0, 0.1) is 0 Å². The van der Waals surface area contributed by atoms with Crippen LogP contribution in [-0.4, -0.2) is 12.1 Å². The van der Waals surface area contributed by atoms with Gasteiger partial charge in [-0.15, -0.1) is 0 Å². The Morgan fingerprint density at radius 1 is 1.07 bits per heavy atom. The van der Waals surface area contributed by atoms with Crippen LogP contribution >= 0.6 is 0 Å². The van der Waals surface area contributed by atoms with Crippen molar-refractivity contribution in [3.63, 3.8) is 0 Å². The monoisotopic (exact) mass is 206 g/mol. The fraction of sp³-hybridized carbons (Fsp3) is 0.308. The van der Waals surface area contributed by atoms with Gasteiger partial charge < -0.3 is 4.74 Å². The number of carbonyl (C=O) groups is 1. The van der Waals surface area contributed by atoms with Crippen LogP contribution in [0.5, 0.6) is 0 Å². The van der Waals surface area contributed by atoms with E-state index in [2.05, 4.69) is 6.58 Å². The molecule has 0 spiro atoms. The number of hydrogen-bond acceptors (Lipinski definition) is 2. The van der Waals surface area contributed by atoms with Crippen molar-refractivity contribution in [1.29, 1.82) is 0 Å². The van der Waals surface area contributed by atoms with Gasteiger partial charge in [0.15, 0.2) is 0 Å². The summed E-state index contributed by atoms with van der Waals surface area (Å²) in [6.45, 7) is 8.68. The maximum Gasteiger partial charge on any atom is 0.333 e. The summed E-state index contributed by atoms with van der Waals surface area (Å²) in [5, 5.41) is 0. The molecule has 0 N–H and O–H groups in total. The molecule has 0 amide bonds. The highest BCUT2D eigenvalue weighted by Gasteiger charge is 2.03. The first-order chi connectivity index (χ1) is 7.04. The first-order valence-electron chi connectivity index (χ1n) is 4.90. The molecule has 2 nitrogen and oxygen atoms in total. The van der Waals surface area contributed by atoms with E-state index in [1.165, 1.54) is 0 Å². The van der Waals surface area contributed by atoms with E-state index in [-0.39, 0.29) is 12.1 Å². The highest BCUT2D eigenvalue weighted by Crippen LogP contribution is 1.95. The van der Waals surface area contributed by atoms with Gasteiger partial charge in [0.2, 0.25) is 0 Å². The summed E-state index contributed by atoms with van der Waals surface area (Å²) in [5.41, 5.74) is 0.448. The molecule has 2 heteroatoms. The van der Waals surface area contributed by atoms with E-state index in [1.807, 2.05) is 36.4 Å². The predicted octanol–water partition coefficient (Wildman–Crippen LogP) is 3.20. The van der Waals surface area contributed by atoms with Crippen molar-refractivity contribution >= 4 is 5.97 Å². The molecule has 0 aliphatic heterocycles. The lowest BCUT2D eigenvalue weighted by atomic mass is 10.3. The molecule has 15 heavy (non-hydrogen) atoms. The van der Waals surface area contributed by atoms with Gasteiger partial charge in [0.05, 0.1) is 6.10 Å². The van der Waals surface area contributed by atoms with E-state index >= 15 is 0 Å².